The van der Waals surface area contributed by atoms with Gasteiger partial charge in [-0.3, -0.25) is 0 Å². The normalized spacial score (nSPS) is 14.2. The molecule has 0 unspecified atom stereocenters. The second-order valence-electron chi connectivity index (χ2n) is 9.65. The Labute approximate surface area is 176 Å². The van der Waals surface area contributed by atoms with E-state index >= 15 is 0 Å². The minimum absolute atomic E-state index is 0.171. The molecule has 0 aliphatic carbocycles. The van der Waals surface area contributed by atoms with Gasteiger partial charge in [-0.1, -0.05) is 0 Å². The van der Waals surface area contributed by atoms with Gasteiger partial charge in [0, 0.05) is 0 Å². The summed E-state index contributed by atoms with van der Waals surface area (Å²) in [7, 11) is -0.998. The van der Waals surface area contributed by atoms with E-state index in [9.17, 15) is 0 Å². The van der Waals surface area contributed by atoms with Gasteiger partial charge in [0.05, 0.1) is 0 Å². The van der Waals surface area contributed by atoms with E-state index in [-0.39, 0.29) is 6.10 Å². The van der Waals surface area contributed by atoms with Crippen molar-refractivity contribution in [3.8, 4) is 0 Å². The molecule has 0 aromatic rings. The van der Waals surface area contributed by atoms with E-state index in [1.165, 1.54) is 49.0 Å². The molecule has 2 nitrogen and oxygen atoms in total. The minimum atomic E-state index is -2.01. The van der Waals surface area contributed by atoms with Crippen molar-refractivity contribution in [1.82, 2.24) is 0 Å². The summed E-state index contributed by atoms with van der Waals surface area (Å²) >= 11 is -2.01. The predicted molar refractivity (Wildman–Crippen MR) is 128 cm³/mol. The fraction of sp³-hybridized carbons (Fsp3) is 0.913. The van der Waals surface area contributed by atoms with Crippen molar-refractivity contribution in [1.29, 1.82) is 0 Å². The Morgan fingerprint density at radius 3 is 1.85 bits per heavy atom. The zero-order valence-electron chi connectivity index (χ0n) is 19.7. The Morgan fingerprint density at radius 1 is 0.889 bits per heavy atom. The van der Waals surface area contributed by atoms with E-state index in [0.717, 1.165) is 6.61 Å². The van der Waals surface area contributed by atoms with Crippen LogP contribution in [0.15, 0.2) is 12.2 Å². The Hall–Kier alpha value is 0.676. The summed E-state index contributed by atoms with van der Waals surface area (Å²) in [5.41, 5.74) is 0. The third kappa shape index (κ3) is 16.2. The average Bonchev–Trinajstić information content (AvgIpc) is 2.61. The van der Waals surface area contributed by atoms with Crippen LogP contribution in [0.5, 0.6) is 0 Å². The summed E-state index contributed by atoms with van der Waals surface area (Å²) < 4.78 is 17.7. The molecule has 162 valence electrons. The van der Waals surface area contributed by atoms with E-state index in [2.05, 4.69) is 59.5 Å². The third-order valence-electron chi connectivity index (χ3n) is 5.55. The first-order chi connectivity index (χ1) is 12.8. The van der Waals surface area contributed by atoms with Crippen molar-refractivity contribution in [3.05, 3.63) is 12.2 Å². The Morgan fingerprint density at radius 2 is 1.41 bits per heavy atom. The molecule has 0 rings (SSSR count). The summed E-state index contributed by atoms with van der Waals surface area (Å²) in [5.74, 6) is 0. The molecule has 0 aromatic carbocycles. The zero-order chi connectivity index (χ0) is 20.6. The van der Waals surface area contributed by atoms with Crippen LogP contribution in [0.25, 0.3) is 0 Å². The second kappa shape index (κ2) is 16.5. The Balaban J connectivity index is 4.45. The van der Waals surface area contributed by atoms with Crippen LogP contribution in [0.1, 0.15) is 66.2 Å². The van der Waals surface area contributed by atoms with Gasteiger partial charge in [-0.25, -0.2) is 0 Å². The summed E-state index contributed by atoms with van der Waals surface area (Å²) in [6.07, 6.45) is 13.4. The van der Waals surface area contributed by atoms with Crippen molar-refractivity contribution in [2.45, 2.75) is 116 Å². The fourth-order valence-corrected chi connectivity index (χ4v) is 19.4. The summed E-state index contributed by atoms with van der Waals surface area (Å²) in [4.78, 5) is 0. The van der Waals surface area contributed by atoms with Crippen LogP contribution >= 0.6 is 0 Å². The number of rotatable bonds is 18. The van der Waals surface area contributed by atoms with E-state index in [1.54, 1.807) is 13.3 Å². The van der Waals surface area contributed by atoms with Gasteiger partial charge in [-0.05, 0) is 0 Å². The summed E-state index contributed by atoms with van der Waals surface area (Å²) in [6, 6.07) is 1.21. The molecule has 0 radical (unpaired) electrons. The third-order valence-corrected chi connectivity index (χ3v) is 22.5. The van der Waals surface area contributed by atoms with Crippen LogP contribution in [0.4, 0.5) is 0 Å². The van der Waals surface area contributed by atoms with Gasteiger partial charge in [0.2, 0.25) is 0 Å². The van der Waals surface area contributed by atoms with Gasteiger partial charge < -0.3 is 0 Å². The fourth-order valence-electron chi connectivity index (χ4n) is 3.49. The van der Waals surface area contributed by atoms with E-state index < -0.39 is 26.5 Å². The predicted octanol–water partition coefficient (Wildman–Crippen LogP) is 8.11. The van der Waals surface area contributed by atoms with Crippen molar-refractivity contribution >= 4 is 26.5 Å². The van der Waals surface area contributed by atoms with Gasteiger partial charge in [0.1, 0.15) is 0 Å². The zero-order valence-corrected chi connectivity index (χ0v) is 23.6. The summed E-state index contributed by atoms with van der Waals surface area (Å²) in [5, 5.41) is 0. The molecule has 0 amide bonds. The molecule has 0 aliphatic rings. The molecule has 0 aliphatic heterocycles. The van der Waals surface area contributed by atoms with Crippen molar-refractivity contribution in [2.24, 2.45) is 0 Å². The molecule has 0 saturated carbocycles. The second-order valence-corrected chi connectivity index (χ2v) is 29.3. The molecule has 1 atom stereocenters. The van der Waals surface area contributed by atoms with Crippen LogP contribution in [0, 0.1) is 0 Å². The molecule has 0 fully saturated rings. The quantitative estimate of drug-likeness (QED) is 0.0811. The van der Waals surface area contributed by atoms with Crippen molar-refractivity contribution in [2.75, 3.05) is 13.4 Å². The first-order valence-electron chi connectivity index (χ1n) is 11.6. The van der Waals surface area contributed by atoms with Gasteiger partial charge in [-0.15, -0.1) is 0 Å². The number of hydrogen-bond acceptors (Lipinski definition) is 2. The molecule has 0 N–H and O–H groups in total. The van der Waals surface area contributed by atoms with Gasteiger partial charge in [0.15, 0.2) is 0 Å². The molecular weight excluding hydrogens is 455 g/mol. The number of allylic oxidation sites excluding steroid dienone is 1. The SMILES string of the molecule is CCC[CH2][Sn]([CH2]/C=C/[C@H](C)OCOCC[Si](C)(C)C)([CH2]CCC)[CH2]CCC. The van der Waals surface area contributed by atoms with Crippen LogP contribution in [-0.4, -0.2) is 46.0 Å². The van der Waals surface area contributed by atoms with Gasteiger partial charge in [-0.2, -0.15) is 0 Å². The number of hydrogen-bond donors (Lipinski definition) is 0. The van der Waals surface area contributed by atoms with Crippen LogP contribution in [0.2, 0.25) is 43.4 Å². The first kappa shape index (κ1) is 27.7. The number of ether oxygens (including phenoxy) is 2. The summed E-state index contributed by atoms with van der Waals surface area (Å²) in [6.45, 7) is 17.6. The van der Waals surface area contributed by atoms with Crippen LogP contribution in [-0.2, 0) is 9.47 Å². The van der Waals surface area contributed by atoms with Crippen LogP contribution in [0.3, 0.4) is 0 Å². The molecule has 0 saturated heterocycles. The van der Waals surface area contributed by atoms with Gasteiger partial charge in [0.25, 0.3) is 0 Å². The monoisotopic (exact) mass is 506 g/mol. The number of unbranched alkanes of at least 4 members (excludes halogenated alkanes) is 3. The maximum atomic E-state index is 5.84. The Kier molecular flexibility index (Phi) is 16.9. The van der Waals surface area contributed by atoms with E-state index in [1.807, 2.05) is 0 Å². The molecule has 0 aromatic heterocycles. The van der Waals surface area contributed by atoms with E-state index in [0.29, 0.717) is 6.79 Å². The standard InChI is InChI=1S/C11H23O2Si.3C4H9.Sn/c1-6-7-11(2)13-10-12-8-9-14(3,4)5;3*1-3-4-2;/h6-7,11H,1,8-10H2,2-5H3;3*1,3-4H2,2H3;/b7-6+;;;;/t11-;;;;/m0..../s1. The van der Waals surface area contributed by atoms with Gasteiger partial charge >= 0.3 is 177 Å². The van der Waals surface area contributed by atoms with E-state index in [4.69, 9.17) is 9.47 Å². The Bertz CT molecular complexity index is 344. The molecule has 0 heterocycles. The maximum absolute atomic E-state index is 5.84. The topological polar surface area (TPSA) is 18.5 Å². The molecule has 0 bridgehead atoms. The van der Waals surface area contributed by atoms with Crippen molar-refractivity contribution in [3.63, 3.8) is 0 Å². The molecular formula is C23H50O2SiSn. The molecule has 4 heteroatoms. The van der Waals surface area contributed by atoms with Crippen LogP contribution < -0.4 is 0 Å². The molecule has 27 heavy (non-hydrogen) atoms. The first-order valence-corrected chi connectivity index (χ1v) is 23.4. The molecule has 0 spiro atoms. The van der Waals surface area contributed by atoms with Crippen molar-refractivity contribution < 1.29 is 9.47 Å². The average molecular weight is 505 g/mol.